The number of aromatic nitrogens is 4. The number of methoxy groups -OCH3 is 2. The molecule has 37 heavy (non-hydrogen) atoms. The number of hydrogen-bond acceptors (Lipinski definition) is 6. The Labute approximate surface area is 227 Å². The number of aromatic carboxylic acids is 1. The predicted octanol–water partition coefficient (Wildman–Crippen LogP) is 6.00. The van der Waals surface area contributed by atoms with Crippen LogP contribution in [0, 0.1) is 0 Å². The molecular weight excluding hydrogens is 543 g/mol. The standard InChI is InChI=1S/C25H21Cl3N4O5/c1-35-18-5-3-4-15(21(18)36-2)20-16-10-14(26)6-7-17(16)32-23(28)22(27)30-24(32)19(37-20)8-9-31-12-13(11-29-31)25(33)34/h3-7,10-12,19-20H,8-9H2,1-2H3,(H,33,34)/t19-,20-/m1/s1. The zero-order valence-electron chi connectivity index (χ0n) is 19.7. The van der Waals surface area contributed by atoms with Gasteiger partial charge in [-0.25, -0.2) is 9.78 Å². The van der Waals surface area contributed by atoms with Gasteiger partial charge in [0.15, 0.2) is 21.8 Å². The Hall–Kier alpha value is -3.24. The molecule has 2 atom stereocenters. The van der Waals surface area contributed by atoms with E-state index in [2.05, 4.69) is 10.1 Å². The molecule has 4 aromatic rings. The molecule has 0 amide bonds. The molecule has 9 nitrogen and oxygen atoms in total. The highest BCUT2D eigenvalue weighted by atomic mass is 35.5. The van der Waals surface area contributed by atoms with Gasteiger partial charge in [0.25, 0.3) is 0 Å². The van der Waals surface area contributed by atoms with Crippen molar-refractivity contribution in [2.75, 3.05) is 14.2 Å². The van der Waals surface area contributed by atoms with Crippen LogP contribution in [0.25, 0.3) is 5.69 Å². The van der Waals surface area contributed by atoms with Gasteiger partial charge in [-0.3, -0.25) is 9.25 Å². The molecule has 0 aliphatic carbocycles. The smallest absolute Gasteiger partial charge is 0.338 e. The van der Waals surface area contributed by atoms with Gasteiger partial charge in [0.1, 0.15) is 18.0 Å². The summed E-state index contributed by atoms with van der Waals surface area (Å²) >= 11 is 19.4. The molecule has 5 rings (SSSR count). The van der Waals surface area contributed by atoms with Crippen LogP contribution in [0.15, 0.2) is 48.8 Å². The zero-order chi connectivity index (χ0) is 26.3. The van der Waals surface area contributed by atoms with Gasteiger partial charge in [-0.15, -0.1) is 0 Å². The van der Waals surface area contributed by atoms with E-state index in [0.29, 0.717) is 41.0 Å². The summed E-state index contributed by atoms with van der Waals surface area (Å²) in [7, 11) is 3.13. The van der Waals surface area contributed by atoms with Crippen molar-refractivity contribution in [2.45, 2.75) is 25.2 Å². The summed E-state index contributed by atoms with van der Waals surface area (Å²) < 4.78 is 21.3. The maximum atomic E-state index is 11.3. The van der Waals surface area contributed by atoms with Gasteiger partial charge in [-0.2, -0.15) is 5.10 Å². The van der Waals surface area contributed by atoms with Gasteiger partial charge in [0.2, 0.25) is 0 Å². The largest absolute Gasteiger partial charge is 0.493 e. The molecule has 1 aliphatic heterocycles. The Morgan fingerprint density at radius 3 is 2.65 bits per heavy atom. The first-order valence-electron chi connectivity index (χ1n) is 11.2. The molecule has 2 aromatic carbocycles. The average Bonchev–Trinajstić information content (AvgIpc) is 3.45. The number of rotatable bonds is 7. The molecule has 0 spiro atoms. The molecule has 192 valence electrons. The minimum absolute atomic E-state index is 0.0930. The molecular formula is C25H21Cl3N4O5. The number of ether oxygens (including phenoxy) is 3. The van der Waals surface area contributed by atoms with Gasteiger partial charge in [0, 0.05) is 35.3 Å². The van der Waals surface area contributed by atoms with Crippen molar-refractivity contribution in [3.63, 3.8) is 0 Å². The van der Waals surface area contributed by atoms with Crippen LogP contribution in [-0.4, -0.2) is 44.6 Å². The Kier molecular flexibility index (Phi) is 7.04. The second-order valence-electron chi connectivity index (χ2n) is 8.26. The van der Waals surface area contributed by atoms with Crippen molar-refractivity contribution < 1.29 is 24.1 Å². The lowest BCUT2D eigenvalue weighted by Crippen LogP contribution is -2.15. The van der Waals surface area contributed by atoms with Crippen LogP contribution in [-0.2, 0) is 11.3 Å². The highest BCUT2D eigenvalue weighted by Crippen LogP contribution is 2.47. The minimum atomic E-state index is -1.05. The van der Waals surface area contributed by atoms with E-state index in [4.69, 9.17) is 49.0 Å². The van der Waals surface area contributed by atoms with E-state index >= 15 is 0 Å². The lowest BCUT2D eigenvalue weighted by Gasteiger charge is -2.25. The van der Waals surface area contributed by atoms with E-state index in [1.807, 2.05) is 24.3 Å². The van der Waals surface area contributed by atoms with Gasteiger partial charge in [-0.05, 0) is 24.3 Å². The SMILES string of the molecule is COc1cccc([C@H]2O[C@H](CCn3cc(C(=O)O)cn3)c3nc(Cl)c(Cl)n3-c3ccc(Cl)cc32)c1OC. The maximum absolute atomic E-state index is 11.3. The molecule has 1 N–H and O–H groups in total. The molecule has 0 saturated carbocycles. The zero-order valence-corrected chi connectivity index (χ0v) is 22.0. The number of carboxylic acids is 1. The summed E-state index contributed by atoms with van der Waals surface area (Å²) in [6, 6.07) is 10.9. The topological polar surface area (TPSA) is 101 Å². The van der Waals surface area contributed by atoms with Crippen LogP contribution in [0.4, 0.5) is 0 Å². The Bertz CT molecular complexity index is 1490. The van der Waals surface area contributed by atoms with Gasteiger partial charge in [0.05, 0.1) is 31.7 Å². The van der Waals surface area contributed by atoms with Crippen LogP contribution >= 0.6 is 34.8 Å². The number of fused-ring (bicyclic) bond motifs is 3. The highest BCUT2D eigenvalue weighted by molar-refractivity contribution is 6.40. The lowest BCUT2D eigenvalue weighted by molar-refractivity contribution is -0.00407. The predicted molar refractivity (Wildman–Crippen MR) is 138 cm³/mol. The van der Waals surface area contributed by atoms with E-state index in [-0.39, 0.29) is 15.9 Å². The van der Waals surface area contributed by atoms with Crippen molar-refractivity contribution in [3.8, 4) is 17.2 Å². The number of para-hydroxylation sites is 1. The summed E-state index contributed by atoms with van der Waals surface area (Å²) in [5.41, 5.74) is 2.24. The number of carbonyl (C=O) groups is 1. The quantitative estimate of drug-likeness (QED) is 0.294. The molecule has 0 unspecified atom stereocenters. The third-order valence-electron chi connectivity index (χ3n) is 6.13. The fourth-order valence-corrected chi connectivity index (χ4v) is 5.05. The van der Waals surface area contributed by atoms with Crippen LogP contribution in [0.1, 0.15) is 45.9 Å². The third-order valence-corrected chi connectivity index (χ3v) is 7.07. The second kappa shape index (κ2) is 10.3. The third kappa shape index (κ3) is 4.64. The van der Waals surface area contributed by atoms with Crippen molar-refractivity contribution in [1.82, 2.24) is 19.3 Å². The fourth-order valence-electron chi connectivity index (χ4n) is 4.47. The lowest BCUT2D eigenvalue weighted by atomic mass is 9.98. The van der Waals surface area contributed by atoms with E-state index < -0.39 is 18.2 Å². The summed E-state index contributed by atoms with van der Waals surface area (Å²) in [6.45, 7) is 0.346. The molecule has 1 aliphatic rings. The van der Waals surface area contributed by atoms with Gasteiger partial charge in [-0.1, -0.05) is 46.9 Å². The van der Waals surface area contributed by atoms with E-state index in [0.717, 1.165) is 11.1 Å². The minimum Gasteiger partial charge on any atom is -0.493 e. The number of carboxylic acid groups (broad SMARTS) is 1. The van der Waals surface area contributed by atoms with Gasteiger partial charge >= 0.3 is 5.97 Å². The first-order chi connectivity index (χ1) is 17.8. The normalized spacial score (nSPS) is 16.6. The Morgan fingerprint density at radius 1 is 1.14 bits per heavy atom. The van der Waals surface area contributed by atoms with Crippen molar-refractivity contribution in [3.05, 3.63) is 86.6 Å². The van der Waals surface area contributed by atoms with Crippen molar-refractivity contribution in [1.29, 1.82) is 0 Å². The number of hydrogen-bond donors (Lipinski definition) is 1. The summed E-state index contributed by atoms with van der Waals surface area (Å²) in [6.07, 6.45) is 1.88. The molecule has 2 aromatic heterocycles. The van der Waals surface area contributed by atoms with E-state index in [1.165, 1.54) is 12.4 Å². The molecule has 0 bridgehead atoms. The molecule has 0 fully saturated rings. The second-order valence-corrected chi connectivity index (χ2v) is 9.42. The molecule has 3 heterocycles. The van der Waals surface area contributed by atoms with Crippen LogP contribution < -0.4 is 9.47 Å². The summed E-state index contributed by atoms with van der Waals surface area (Å²) in [5.74, 6) is 0.503. The number of nitrogens with zero attached hydrogens (tertiary/aromatic N) is 4. The average molecular weight is 564 g/mol. The molecule has 0 saturated heterocycles. The Balaban J connectivity index is 1.65. The number of halogens is 3. The first-order valence-corrected chi connectivity index (χ1v) is 12.3. The highest BCUT2D eigenvalue weighted by Gasteiger charge is 2.36. The van der Waals surface area contributed by atoms with Crippen LogP contribution in [0.5, 0.6) is 11.5 Å². The first kappa shape index (κ1) is 25.4. The van der Waals surface area contributed by atoms with Crippen LogP contribution in [0.3, 0.4) is 0 Å². The van der Waals surface area contributed by atoms with Crippen molar-refractivity contribution >= 4 is 40.8 Å². The monoisotopic (exact) mass is 562 g/mol. The van der Waals surface area contributed by atoms with E-state index in [1.54, 1.807) is 35.6 Å². The number of imidazole rings is 1. The number of aryl methyl sites for hydroxylation is 1. The summed E-state index contributed by atoms with van der Waals surface area (Å²) in [5, 5.41) is 14.3. The summed E-state index contributed by atoms with van der Waals surface area (Å²) in [4.78, 5) is 15.8. The number of benzene rings is 2. The maximum Gasteiger partial charge on any atom is 0.338 e. The van der Waals surface area contributed by atoms with E-state index in [9.17, 15) is 9.90 Å². The van der Waals surface area contributed by atoms with Crippen molar-refractivity contribution in [2.24, 2.45) is 0 Å². The van der Waals surface area contributed by atoms with Gasteiger partial charge < -0.3 is 19.3 Å². The molecule has 0 radical (unpaired) electrons. The Morgan fingerprint density at radius 2 is 1.95 bits per heavy atom. The molecule has 12 heteroatoms. The fraction of sp³-hybridized carbons (Fsp3) is 0.240. The van der Waals surface area contributed by atoms with Crippen LogP contribution in [0.2, 0.25) is 15.3 Å².